The first-order valence-electron chi connectivity index (χ1n) is 5.24. The third-order valence-electron chi connectivity index (χ3n) is 1.92. The summed E-state index contributed by atoms with van der Waals surface area (Å²) in [6, 6.07) is 0. The predicted octanol–water partition coefficient (Wildman–Crippen LogP) is 0.251. The highest BCUT2D eigenvalue weighted by Crippen LogP contribution is 2.11. The van der Waals surface area contributed by atoms with Crippen LogP contribution in [0.1, 0.15) is 21.0 Å². The molecule has 2 aromatic rings. The maximum absolute atomic E-state index is 11.2. The molecule has 8 nitrogen and oxygen atoms in total. The van der Waals surface area contributed by atoms with E-state index in [0.717, 1.165) is 0 Å². The van der Waals surface area contributed by atoms with E-state index < -0.39 is 5.91 Å². The number of thiazole rings is 2. The monoisotopic (exact) mass is 314 g/mol. The van der Waals surface area contributed by atoms with Crippen LogP contribution in [0.3, 0.4) is 0 Å². The molecule has 0 aliphatic carbocycles. The Morgan fingerprint density at radius 2 is 1.50 bits per heavy atom. The molecule has 0 bridgehead atoms. The molecule has 10 heteroatoms. The topological polar surface area (TPSA) is 141 Å². The van der Waals surface area contributed by atoms with Crippen molar-refractivity contribution in [2.45, 2.75) is 0 Å². The van der Waals surface area contributed by atoms with Crippen molar-refractivity contribution in [2.24, 2.45) is 5.73 Å². The van der Waals surface area contributed by atoms with E-state index in [2.05, 4.69) is 9.97 Å². The molecule has 2 rings (SSSR count). The Bertz CT molecular complexity index is 606. The molecule has 6 N–H and O–H groups in total. The van der Waals surface area contributed by atoms with Crippen LogP contribution in [0.2, 0.25) is 0 Å². The van der Waals surface area contributed by atoms with Gasteiger partial charge < -0.3 is 22.1 Å². The van der Waals surface area contributed by atoms with Crippen molar-refractivity contribution in [3.63, 3.8) is 0 Å². The zero-order valence-corrected chi connectivity index (χ0v) is 12.5. The number of carbonyl (C=O) groups excluding carboxylic acids is 2. The first-order chi connectivity index (χ1) is 9.31. The summed E-state index contributed by atoms with van der Waals surface area (Å²) >= 11 is 2.47. The number of aromatic nitrogens is 2. The molecule has 0 aliphatic rings. The van der Waals surface area contributed by atoms with Crippen LogP contribution < -0.4 is 17.2 Å². The van der Waals surface area contributed by atoms with Gasteiger partial charge in [0.25, 0.3) is 11.8 Å². The molecule has 108 valence electrons. The fraction of sp³-hybridized carbons (Fsp3) is 0.200. The number of rotatable bonds is 2. The van der Waals surface area contributed by atoms with Gasteiger partial charge in [-0.25, -0.2) is 9.97 Å². The van der Waals surface area contributed by atoms with E-state index in [1.807, 2.05) is 0 Å². The number of hydrogen-bond donors (Lipinski definition) is 3. The summed E-state index contributed by atoms with van der Waals surface area (Å²) in [5.74, 6) is -0.652. The largest absolute Gasteiger partial charge is 0.375 e. The fourth-order valence-electron chi connectivity index (χ4n) is 1.02. The van der Waals surface area contributed by atoms with Gasteiger partial charge in [0.05, 0.1) is 0 Å². The highest BCUT2D eigenvalue weighted by atomic mass is 32.1. The Kier molecular flexibility index (Phi) is 5.41. The lowest BCUT2D eigenvalue weighted by Crippen LogP contribution is -2.21. The minimum atomic E-state index is -0.539. The average Bonchev–Trinajstić information content (AvgIpc) is 2.98. The smallest absolute Gasteiger partial charge is 0.272 e. The van der Waals surface area contributed by atoms with Crippen LogP contribution in [0.5, 0.6) is 0 Å². The number of hydrogen-bond acceptors (Lipinski definition) is 8. The quantitative estimate of drug-likeness (QED) is 0.725. The molecule has 0 atom stereocenters. The molecular weight excluding hydrogens is 300 g/mol. The second-order valence-electron chi connectivity index (χ2n) is 3.71. The van der Waals surface area contributed by atoms with Gasteiger partial charge in [-0.3, -0.25) is 9.59 Å². The maximum atomic E-state index is 11.2. The van der Waals surface area contributed by atoms with Crippen molar-refractivity contribution in [1.82, 2.24) is 14.9 Å². The lowest BCUT2D eigenvalue weighted by Gasteiger charge is -2.06. The van der Waals surface area contributed by atoms with Crippen molar-refractivity contribution < 1.29 is 9.59 Å². The van der Waals surface area contributed by atoms with E-state index in [-0.39, 0.29) is 11.6 Å². The molecular formula is C10H14N6O2S2. The predicted molar refractivity (Wildman–Crippen MR) is 79.6 cm³/mol. The van der Waals surface area contributed by atoms with Crippen LogP contribution in [0.4, 0.5) is 10.3 Å². The van der Waals surface area contributed by atoms with Crippen LogP contribution in [0.15, 0.2) is 10.8 Å². The number of nitrogens with two attached hydrogens (primary N) is 3. The molecule has 0 saturated carbocycles. The molecule has 2 aromatic heterocycles. The molecule has 0 fully saturated rings. The number of anilines is 2. The fourth-order valence-corrected chi connectivity index (χ4v) is 2.10. The minimum absolute atomic E-state index is 0.113. The van der Waals surface area contributed by atoms with Crippen LogP contribution in [-0.2, 0) is 0 Å². The normalized spacial score (nSPS) is 9.50. The van der Waals surface area contributed by atoms with Gasteiger partial charge in [0.1, 0.15) is 11.4 Å². The maximum Gasteiger partial charge on any atom is 0.272 e. The van der Waals surface area contributed by atoms with E-state index in [1.54, 1.807) is 19.5 Å². The molecule has 20 heavy (non-hydrogen) atoms. The zero-order valence-electron chi connectivity index (χ0n) is 10.9. The highest BCUT2D eigenvalue weighted by molar-refractivity contribution is 7.14. The first-order valence-corrected chi connectivity index (χ1v) is 7.00. The van der Waals surface area contributed by atoms with Crippen molar-refractivity contribution in [1.29, 1.82) is 0 Å². The molecule has 0 aromatic carbocycles. The van der Waals surface area contributed by atoms with Gasteiger partial charge in [-0.2, -0.15) is 0 Å². The van der Waals surface area contributed by atoms with E-state index in [1.165, 1.54) is 33.0 Å². The van der Waals surface area contributed by atoms with E-state index >= 15 is 0 Å². The zero-order chi connectivity index (χ0) is 15.3. The Morgan fingerprint density at radius 1 is 1.05 bits per heavy atom. The molecule has 0 aliphatic heterocycles. The minimum Gasteiger partial charge on any atom is -0.375 e. The van der Waals surface area contributed by atoms with Crippen molar-refractivity contribution in [2.75, 3.05) is 25.6 Å². The molecule has 2 amide bonds. The number of nitrogens with zero attached hydrogens (tertiary/aromatic N) is 3. The summed E-state index contributed by atoms with van der Waals surface area (Å²) in [6.45, 7) is 0. The van der Waals surface area contributed by atoms with Crippen molar-refractivity contribution >= 4 is 44.8 Å². The number of primary amides is 1. The Morgan fingerprint density at radius 3 is 1.75 bits per heavy atom. The Hall–Kier alpha value is -2.20. The van der Waals surface area contributed by atoms with Crippen LogP contribution in [-0.4, -0.2) is 40.8 Å². The van der Waals surface area contributed by atoms with Gasteiger partial charge in [-0.05, 0) is 0 Å². The molecule has 0 radical (unpaired) electrons. The summed E-state index contributed by atoms with van der Waals surface area (Å²) in [5.41, 5.74) is 16.1. The van der Waals surface area contributed by atoms with Crippen molar-refractivity contribution in [3.8, 4) is 0 Å². The molecule has 0 unspecified atom stereocenters. The van der Waals surface area contributed by atoms with E-state index in [4.69, 9.17) is 17.2 Å². The van der Waals surface area contributed by atoms with Gasteiger partial charge in [0.2, 0.25) is 0 Å². The molecule has 2 heterocycles. The summed E-state index contributed by atoms with van der Waals surface area (Å²) in [4.78, 5) is 30.4. The van der Waals surface area contributed by atoms with Gasteiger partial charge in [-0.1, -0.05) is 0 Å². The van der Waals surface area contributed by atoms with Gasteiger partial charge in [-0.15, -0.1) is 22.7 Å². The molecule has 0 saturated heterocycles. The van der Waals surface area contributed by atoms with Crippen LogP contribution >= 0.6 is 22.7 Å². The summed E-state index contributed by atoms with van der Waals surface area (Å²) in [7, 11) is 3.36. The van der Waals surface area contributed by atoms with Gasteiger partial charge in [0.15, 0.2) is 10.3 Å². The average molecular weight is 314 g/mol. The number of carbonyl (C=O) groups is 2. The SMILES string of the molecule is CN(C)C(=O)c1csc(N)n1.NC(=O)c1csc(N)n1. The Labute approximate surface area is 123 Å². The van der Waals surface area contributed by atoms with Crippen LogP contribution in [0.25, 0.3) is 0 Å². The van der Waals surface area contributed by atoms with E-state index in [9.17, 15) is 9.59 Å². The Balaban J connectivity index is 0.000000204. The van der Waals surface area contributed by atoms with Gasteiger partial charge in [0, 0.05) is 24.9 Å². The molecule has 0 spiro atoms. The third-order valence-corrected chi connectivity index (χ3v) is 3.27. The highest BCUT2D eigenvalue weighted by Gasteiger charge is 2.10. The standard InChI is InChI=1S/C6H9N3OS.C4H5N3OS/c1-9(2)5(10)4-3-11-6(7)8-4;5-3(8)2-1-9-4(6)7-2/h3H,1-2H3,(H2,7,8);1H,(H2,5,8)(H2,6,7). The number of nitrogen functional groups attached to an aromatic ring is 2. The summed E-state index contributed by atoms with van der Waals surface area (Å²) in [5, 5.41) is 3.97. The lowest BCUT2D eigenvalue weighted by molar-refractivity contribution is 0.0822. The second kappa shape index (κ2) is 6.82. The third kappa shape index (κ3) is 4.48. The van der Waals surface area contributed by atoms with Crippen molar-refractivity contribution in [3.05, 3.63) is 22.1 Å². The second-order valence-corrected chi connectivity index (χ2v) is 5.49. The van der Waals surface area contributed by atoms with E-state index in [0.29, 0.717) is 16.0 Å². The summed E-state index contributed by atoms with van der Waals surface area (Å²) < 4.78 is 0. The number of amides is 2. The lowest BCUT2D eigenvalue weighted by atomic mass is 10.4. The van der Waals surface area contributed by atoms with Crippen LogP contribution in [0, 0.1) is 0 Å². The first kappa shape index (κ1) is 15.9. The summed E-state index contributed by atoms with van der Waals surface area (Å²) in [6.07, 6.45) is 0. The van der Waals surface area contributed by atoms with Gasteiger partial charge >= 0.3 is 0 Å².